The van der Waals surface area contributed by atoms with Crippen molar-refractivity contribution < 1.29 is 19.4 Å². The van der Waals surface area contributed by atoms with Crippen LogP contribution in [0.5, 0.6) is 5.75 Å². The lowest BCUT2D eigenvalue weighted by atomic mass is 10.1. The van der Waals surface area contributed by atoms with E-state index >= 15 is 0 Å². The third-order valence-electron chi connectivity index (χ3n) is 3.69. The molecule has 0 saturated carbocycles. The van der Waals surface area contributed by atoms with Crippen LogP contribution in [0.25, 0.3) is 0 Å². The summed E-state index contributed by atoms with van der Waals surface area (Å²) in [5, 5.41) is 9.10. The Bertz CT molecular complexity index is 527. The van der Waals surface area contributed by atoms with Gasteiger partial charge in [0.1, 0.15) is 11.8 Å². The number of ether oxygens (including phenoxy) is 1. The maximum atomic E-state index is 12.2. The van der Waals surface area contributed by atoms with Crippen LogP contribution >= 0.6 is 0 Å². The molecule has 1 aromatic rings. The van der Waals surface area contributed by atoms with Gasteiger partial charge in [-0.25, -0.2) is 4.79 Å². The first kappa shape index (κ1) is 14.4. The molecule has 1 N–H and O–H groups in total. The van der Waals surface area contributed by atoms with Gasteiger partial charge in [-0.05, 0) is 37.0 Å². The largest absolute Gasteiger partial charge is 0.496 e. The van der Waals surface area contributed by atoms with Gasteiger partial charge in [-0.15, -0.1) is 0 Å². The number of amides is 1. The van der Waals surface area contributed by atoms with Gasteiger partial charge in [-0.3, -0.25) is 4.79 Å². The van der Waals surface area contributed by atoms with Crippen molar-refractivity contribution in [3.05, 3.63) is 29.3 Å². The van der Waals surface area contributed by atoms with Crippen LogP contribution in [0.15, 0.2) is 18.2 Å². The zero-order valence-corrected chi connectivity index (χ0v) is 11.8. The van der Waals surface area contributed by atoms with Gasteiger partial charge in [0, 0.05) is 6.54 Å². The van der Waals surface area contributed by atoms with Crippen molar-refractivity contribution in [1.82, 2.24) is 4.90 Å². The first-order valence-corrected chi connectivity index (χ1v) is 6.68. The quantitative estimate of drug-likeness (QED) is 0.908. The fourth-order valence-corrected chi connectivity index (χ4v) is 2.57. The summed E-state index contributed by atoms with van der Waals surface area (Å²) in [6.45, 7) is 2.46. The number of nitrogens with zero attached hydrogens (tertiary/aromatic N) is 1. The molecular weight excluding hydrogens is 258 g/mol. The monoisotopic (exact) mass is 277 g/mol. The number of likely N-dealkylation sites (tertiary alicyclic amines) is 1. The van der Waals surface area contributed by atoms with Crippen LogP contribution in [-0.2, 0) is 16.0 Å². The van der Waals surface area contributed by atoms with Gasteiger partial charge in [0.2, 0.25) is 5.91 Å². The number of carbonyl (C=O) groups is 2. The maximum Gasteiger partial charge on any atom is 0.326 e. The summed E-state index contributed by atoms with van der Waals surface area (Å²) in [5.74, 6) is -0.315. The predicted molar refractivity (Wildman–Crippen MR) is 73.8 cm³/mol. The minimum atomic E-state index is -0.919. The number of methoxy groups -OCH3 is 1. The summed E-state index contributed by atoms with van der Waals surface area (Å²) in [7, 11) is 1.59. The van der Waals surface area contributed by atoms with Gasteiger partial charge in [0.15, 0.2) is 0 Å². The zero-order chi connectivity index (χ0) is 14.7. The molecule has 1 atom stereocenters. The highest BCUT2D eigenvalue weighted by atomic mass is 16.5. The summed E-state index contributed by atoms with van der Waals surface area (Å²) in [4.78, 5) is 24.8. The van der Waals surface area contributed by atoms with Crippen molar-refractivity contribution in [2.45, 2.75) is 32.2 Å². The number of benzene rings is 1. The van der Waals surface area contributed by atoms with Crippen molar-refractivity contribution in [2.24, 2.45) is 0 Å². The average molecular weight is 277 g/mol. The van der Waals surface area contributed by atoms with Crippen LogP contribution in [0.2, 0.25) is 0 Å². The van der Waals surface area contributed by atoms with E-state index in [1.807, 2.05) is 25.1 Å². The lowest BCUT2D eigenvalue weighted by molar-refractivity contribution is -0.148. The van der Waals surface area contributed by atoms with Crippen molar-refractivity contribution in [2.75, 3.05) is 13.7 Å². The standard InChI is InChI=1S/C15H19NO4/c1-10-5-6-11(8-13(10)20-2)9-14(17)16-7-3-4-12(16)15(18)19/h5-6,8,12H,3-4,7,9H2,1-2H3,(H,18,19)/t12-/m1/s1. The molecule has 5 nitrogen and oxygen atoms in total. The molecule has 20 heavy (non-hydrogen) atoms. The van der Waals surface area contributed by atoms with Crippen LogP contribution in [0.1, 0.15) is 24.0 Å². The van der Waals surface area contributed by atoms with Crippen molar-refractivity contribution in [3.63, 3.8) is 0 Å². The van der Waals surface area contributed by atoms with Crippen LogP contribution < -0.4 is 4.74 Å². The van der Waals surface area contributed by atoms with Gasteiger partial charge in [0.05, 0.1) is 13.5 Å². The lowest BCUT2D eigenvalue weighted by Gasteiger charge is -2.21. The number of carbonyl (C=O) groups excluding carboxylic acids is 1. The molecule has 0 radical (unpaired) electrons. The van der Waals surface area contributed by atoms with E-state index in [9.17, 15) is 9.59 Å². The van der Waals surface area contributed by atoms with Crippen molar-refractivity contribution in [3.8, 4) is 5.75 Å². The van der Waals surface area contributed by atoms with Crippen LogP contribution in [-0.4, -0.2) is 41.6 Å². The molecule has 0 spiro atoms. The fraction of sp³-hybridized carbons (Fsp3) is 0.467. The Morgan fingerprint density at radius 3 is 2.85 bits per heavy atom. The smallest absolute Gasteiger partial charge is 0.326 e. The topological polar surface area (TPSA) is 66.8 Å². The van der Waals surface area contributed by atoms with E-state index in [0.29, 0.717) is 13.0 Å². The minimum absolute atomic E-state index is 0.138. The number of rotatable bonds is 4. The minimum Gasteiger partial charge on any atom is -0.496 e. The highest BCUT2D eigenvalue weighted by Gasteiger charge is 2.33. The Hall–Kier alpha value is -2.04. The number of hydrogen-bond donors (Lipinski definition) is 1. The highest BCUT2D eigenvalue weighted by Crippen LogP contribution is 2.22. The third kappa shape index (κ3) is 2.92. The summed E-state index contributed by atoms with van der Waals surface area (Å²) >= 11 is 0. The fourth-order valence-electron chi connectivity index (χ4n) is 2.57. The summed E-state index contributed by atoms with van der Waals surface area (Å²) in [6, 6.07) is 4.94. The number of aryl methyl sites for hydroxylation is 1. The second kappa shape index (κ2) is 5.94. The van der Waals surface area contributed by atoms with Gasteiger partial charge in [-0.1, -0.05) is 12.1 Å². The molecule has 108 valence electrons. The molecule has 1 amide bonds. The van der Waals surface area contributed by atoms with Gasteiger partial charge in [0.25, 0.3) is 0 Å². The van der Waals surface area contributed by atoms with E-state index in [1.54, 1.807) is 7.11 Å². The van der Waals surface area contributed by atoms with E-state index in [1.165, 1.54) is 4.90 Å². The molecule has 0 aromatic heterocycles. The van der Waals surface area contributed by atoms with Gasteiger partial charge < -0.3 is 14.7 Å². The van der Waals surface area contributed by atoms with Gasteiger partial charge in [-0.2, -0.15) is 0 Å². The first-order chi connectivity index (χ1) is 9.52. The Labute approximate surface area is 118 Å². The van der Waals surface area contributed by atoms with Crippen molar-refractivity contribution in [1.29, 1.82) is 0 Å². The number of hydrogen-bond acceptors (Lipinski definition) is 3. The van der Waals surface area contributed by atoms with Gasteiger partial charge >= 0.3 is 5.97 Å². The van der Waals surface area contributed by atoms with Crippen molar-refractivity contribution >= 4 is 11.9 Å². The summed E-state index contributed by atoms with van der Waals surface area (Å²) in [6.07, 6.45) is 1.50. The number of carboxylic acids is 1. The molecule has 1 aromatic carbocycles. The maximum absolute atomic E-state index is 12.2. The summed E-state index contributed by atoms with van der Waals surface area (Å²) in [5.41, 5.74) is 1.85. The predicted octanol–water partition coefficient (Wildman–Crippen LogP) is 1.62. The normalized spacial score (nSPS) is 18.1. The zero-order valence-electron chi connectivity index (χ0n) is 11.8. The molecule has 1 heterocycles. The molecule has 0 unspecified atom stereocenters. The molecule has 1 fully saturated rings. The molecular formula is C15H19NO4. The lowest BCUT2D eigenvalue weighted by Crippen LogP contribution is -2.41. The molecule has 2 rings (SSSR count). The number of carboxylic acid groups (broad SMARTS) is 1. The average Bonchev–Trinajstić information content (AvgIpc) is 2.90. The van der Waals surface area contributed by atoms with Crippen LogP contribution in [0.4, 0.5) is 0 Å². The Morgan fingerprint density at radius 2 is 2.20 bits per heavy atom. The van der Waals surface area contributed by atoms with E-state index in [-0.39, 0.29) is 12.3 Å². The molecule has 1 aliphatic heterocycles. The van der Waals surface area contributed by atoms with E-state index in [2.05, 4.69) is 0 Å². The SMILES string of the molecule is COc1cc(CC(=O)N2CCC[C@@H]2C(=O)O)ccc1C. The van der Waals surface area contributed by atoms with Crippen LogP contribution in [0, 0.1) is 6.92 Å². The van der Waals surface area contributed by atoms with E-state index in [0.717, 1.165) is 23.3 Å². The van der Waals surface area contributed by atoms with E-state index < -0.39 is 12.0 Å². The summed E-state index contributed by atoms with van der Waals surface area (Å²) < 4.78 is 5.23. The highest BCUT2D eigenvalue weighted by molar-refractivity contribution is 5.85. The molecule has 5 heteroatoms. The first-order valence-electron chi connectivity index (χ1n) is 6.68. The molecule has 0 aliphatic carbocycles. The Morgan fingerprint density at radius 1 is 1.45 bits per heavy atom. The Kier molecular flexibility index (Phi) is 4.27. The third-order valence-corrected chi connectivity index (χ3v) is 3.69. The van der Waals surface area contributed by atoms with E-state index in [4.69, 9.17) is 9.84 Å². The van der Waals surface area contributed by atoms with Crippen LogP contribution in [0.3, 0.4) is 0 Å². The molecule has 0 bridgehead atoms. The number of aliphatic carboxylic acids is 1. The molecule has 1 saturated heterocycles. The second-order valence-electron chi connectivity index (χ2n) is 5.06. The second-order valence-corrected chi connectivity index (χ2v) is 5.06. The molecule has 1 aliphatic rings. The Balaban J connectivity index is 2.09.